The fraction of sp³-hybridized carbons (Fsp3) is 0.567. The highest BCUT2D eigenvalue weighted by Gasteiger charge is 2.72. The van der Waals surface area contributed by atoms with Gasteiger partial charge in [0.25, 0.3) is 0 Å². The number of likely N-dealkylation sites (tertiary alicyclic amines) is 1. The first-order chi connectivity index (χ1) is 18.0. The van der Waals surface area contributed by atoms with Crippen molar-refractivity contribution in [1.82, 2.24) is 9.80 Å². The number of fused-ring (bicyclic) bond motifs is 2. The Kier molecular flexibility index (Phi) is 6.76. The standard InChI is InChI=1S/C30H39N3O5/c1-19(2)17-21(18-34)33-25-28(37)32(29(3,4)5)16-10-14-30(25)24(27(33)36)23-22(38-30)13-9-15-31(26(23)35)20-11-7-6-8-12-20/h6-14,19,21-25,34H,15-18H2,1-5H3/t21-,22-,23+,24+,25?,30+/m1/s1. The Morgan fingerprint density at radius 1 is 1.03 bits per heavy atom. The van der Waals surface area contributed by atoms with Gasteiger partial charge in [0.1, 0.15) is 11.6 Å². The fourth-order valence-electron chi connectivity index (χ4n) is 6.73. The van der Waals surface area contributed by atoms with Crippen LogP contribution in [0.5, 0.6) is 0 Å². The number of amides is 3. The van der Waals surface area contributed by atoms with E-state index in [0.29, 0.717) is 19.5 Å². The van der Waals surface area contributed by atoms with Crippen molar-refractivity contribution in [1.29, 1.82) is 0 Å². The quantitative estimate of drug-likeness (QED) is 0.602. The summed E-state index contributed by atoms with van der Waals surface area (Å²) in [5.41, 5.74) is -1.04. The summed E-state index contributed by atoms with van der Waals surface area (Å²) >= 11 is 0. The zero-order valence-corrected chi connectivity index (χ0v) is 22.9. The van der Waals surface area contributed by atoms with Gasteiger partial charge in [0.2, 0.25) is 17.7 Å². The molecule has 0 aliphatic carbocycles. The van der Waals surface area contributed by atoms with Gasteiger partial charge in [0.05, 0.1) is 30.6 Å². The van der Waals surface area contributed by atoms with Crippen LogP contribution in [0.3, 0.4) is 0 Å². The number of nitrogens with zero attached hydrogens (tertiary/aromatic N) is 3. The maximum Gasteiger partial charge on any atom is 0.249 e. The van der Waals surface area contributed by atoms with Gasteiger partial charge in [-0.1, -0.05) is 56.4 Å². The predicted octanol–water partition coefficient (Wildman–Crippen LogP) is 2.77. The summed E-state index contributed by atoms with van der Waals surface area (Å²) in [6.45, 7) is 10.4. The van der Waals surface area contributed by atoms with Gasteiger partial charge in [-0.3, -0.25) is 14.4 Å². The SMILES string of the molecule is CC(C)C[C@H](CO)N1C(=O)[C@@H]2[C@H]3C(=O)N(c4ccccc4)CC=C[C@H]3O[C@@]23C=CCN(C(C)(C)C)C(=O)C13. The first-order valence-electron chi connectivity index (χ1n) is 13.6. The average Bonchev–Trinajstić information content (AvgIpc) is 3.17. The molecule has 0 saturated carbocycles. The maximum atomic E-state index is 14.4. The molecule has 2 saturated heterocycles. The summed E-state index contributed by atoms with van der Waals surface area (Å²) in [6, 6.07) is 7.89. The van der Waals surface area contributed by atoms with Gasteiger partial charge in [-0.05, 0) is 45.2 Å². The number of carbonyl (C=O) groups excluding carboxylic acids is 3. The van der Waals surface area contributed by atoms with Gasteiger partial charge in [-0.25, -0.2) is 0 Å². The molecular weight excluding hydrogens is 482 g/mol. The second-order valence-electron chi connectivity index (χ2n) is 12.3. The Morgan fingerprint density at radius 2 is 1.74 bits per heavy atom. The monoisotopic (exact) mass is 521 g/mol. The normalized spacial score (nSPS) is 31.9. The highest BCUT2D eigenvalue weighted by Crippen LogP contribution is 2.54. The van der Waals surface area contributed by atoms with Crippen LogP contribution >= 0.6 is 0 Å². The molecule has 1 N–H and O–H groups in total. The Balaban J connectivity index is 1.64. The number of hydrogen-bond acceptors (Lipinski definition) is 5. The van der Waals surface area contributed by atoms with Crippen molar-refractivity contribution in [2.45, 2.75) is 70.4 Å². The zero-order chi connectivity index (χ0) is 27.4. The molecule has 4 heterocycles. The van der Waals surface area contributed by atoms with Crippen LogP contribution in [0.25, 0.3) is 0 Å². The molecule has 6 atom stereocenters. The second-order valence-corrected chi connectivity index (χ2v) is 12.3. The number of benzene rings is 1. The molecule has 1 unspecified atom stereocenters. The van der Waals surface area contributed by atoms with Crippen LogP contribution in [0, 0.1) is 17.8 Å². The fourth-order valence-corrected chi connectivity index (χ4v) is 6.73. The Morgan fingerprint density at radius 3 is 2.37 bits per heavy atom. The molecule has 0 radical (unpaired) electrons. The van der Waals surface area contributed by atoms with E-state index in [4.69, 9.17) is 4.74 Å². The Bertz CT molecular complexity index is 1160. The van der Waals surface area contributed by atoms with E-state index in [0.717, 1.165) is 5.69 Å². The van der Waals surface area contributed by atoms with Crippen molar-refractivity contribution in [3.63, 3.8) is 0 Å². The first-order valence-corrected chi connectivity index (χ1v) is 13.6. The smallest absolute Gasteiger partial charge is 0.249 e. The summed E-state index contributed by atoms with van der Waals surface area (Å²) in [5.74, 6) is -2.17. The van der Waals surface area contributed by atoms with Crippen molar-refractivity contribution >= 4 is 23.4 Å². The second kappa shape index (κ2) is 9.65. The number of para-hydroxylation sites is 1. The van der Waals surface area contributed by atoms with Crippen molar-refractivity contribution < 1.29 is 24.2 Å². The molecule has 204 valence electrons. The van der Waals surface area contributed by atoms with E-state index in [1.807, 2.05) is 89.3 Å². The van der Waals surface area contributed by atoms with Gasteiger partial charge >= 0.3 is 0 Å². The molecule has 8 heteroatoms. The molecule has 1 aromatic carbocycles. The topological polar surface area (TPSA) is 90.4 Å². The van der Waals surface area contributed by atoms with E-state index in [2.05, 4.69) is 0 Å². The van der Waals surface area contributed by atoms with Crippen molar-refractivity contribution in [3.05, 3.63) is 54.6 Å². The maximum absolute atomic E-state index is 14.4. The van der Waals surface area contributed by atoms with Gasteiger partial charge in [0.15, 0.2) is 0 Å². The summed E-state index contributed by atoms with van der Waals surface area (Å²) in [7, 11) is 0. The number of rotatable bonds is 5. The molecular formula is C30H39N3O5. The van der Waals surface area contributed by atoms with Crippen molar-refractivity contribution in [3.8, 4) is 0 Å². The van der Waals surface area contributed by atoms with Crippen LogP contribution < -0.4 is 4.90 Å². The van der Waals surface area contributed by atoms with Crippen LogP contribution in [0.2, 0.25) is 0 Å². The van der Waals surface area contributed by atoms with Crippen LogP contribution in [-0.4, -0.2) is 81.7 Å². The molecule has 1 aromatic rings. The molecule has 4 aliphatic rings. The summed E-state index contributed by atoms with van der Waals surface area (Å²) in [4.78, 5) is 48.0. The minimum atomic E-state index is -1.30. The summed E-state index contributed by atoms with van der Waals surface area (Å²) in [6.07, 6.45) is 7.44. The van der Waals surface area contributed by atoms with Crippen molar-refractivity contribution in [2.24, 2.45) is 17.8 Å². The third kappa shape index (κ3) is 4.09. The number of ether oxygens (including phenoxy) is 1. The Labute approximate surface area is 224 Å². The first kappa shape index (κ1) is 26.6. The molecule has 4 aliphatic heterocycles. The van der Waals surface area contributed by atoms with E-state index in [1.54, 1.807) is 14.7 Å². The van der Waals surface area contributed by atoms with Crippen LogP contribution in [0.15, 0.2) is 54.6 Å². The lowest BCUT2D eigenvalue weighted by molar-refractivity contribution is -0.153. The van der Waals surface area contributed by atoms with E-state index >= 15 is 0 Å². The summed E-state index contributed by atoms with van der Waals surface area (Å²) in [5, 5.41) is 10.4. The molecule has 3 amide bonds. The lowest BCUT2D eigenvalue weighted by atomic mass is 9.77. The van der Waals surface area contributed by atoms with Crippen LogP contribution in [-0.2, 0) is 19.1 Å². The van der Waals surface area contributed by atoms with Crippen LogP contribution in [0.4, 0.5) is 5.69 Å². The Hall–Kier alpha value is -2.97. The number of hydrogen-bond donors (Lipinski definition) is 1. The summed E-state index contributed by atoms with van der Waals surface area (Å²) < 4.78 is 6.71. The van der Waals surface area contributed by atoms with E-state index in [-0.39, 0.29) is 30.2 Å². The number of carbonyl (C=O) groups is 3. The van der Waals surface area contributed by atoms with E-state index < -0.39 is 41.2 Å². The molecule has 8 nitrogen and oxygen atoms in total. The van der Waals surface area contributed by atoms with E-state index in [9.17, 15) is 19.5 Å². The largest absolute Gasteiger partial charge is 0.394 e. The predicted molar refractivity (Wildman–Crippen MR) is 144 cm³/mol. The van der Waals surface area contributed by atoms with Gasteiger partial charge in [0, 0.05) is 24.3 Å². The lowest BCUT2D eigenvalue weighted by Gasteiger charge is -2.42. The highest BCUT2D eigenvalue weighted by molar-refractivity contribution is 6.04. The minimum Gasteiger partial charge on any atom is -0.394 e. The number of aliphatic hydroxyl groups is 1. The third-order valence-corrected chi connectivity index (χ3v) is 8.32. The number of anilines is 1. The lowest BCUT2D eigenvalue weighted by Crippen LogP contribution is -2.60. The van der Waals surface area contributed by atoms with Gasteiger partial charge in [-0.15, -0.1) is 0 Å². The van der Waals surface area contributed by atoms with Gasteiger partial charge < -0.3 is 24.5 Å². The number of aliphatic hydroxyl groups excluding tert-OH is 1. The van der Waals surface area contributed by atoms with E-state index in [1.165, 1.54) is 0 Å². The van der Waals surface area contributed by atoms with Crippen LogP contribution in [0.1, 0.15) is 41.0 Å². The molecule has 0 bridgehead atoms. The minimum absolute atomic E-state index is 0.191. The molecule has 0 aromatic heterocycles. The molecule has 1 spiro atoms. The molecule has 5 rings (SSSR count). The van der Waals surface area contributed by atoms with Gasteiger partial charge in [-0.2, -0.15) is 0 Å². The average molecular weight is 522 g/mol. The third-order valence-electron chi connectivity index (χ3n) is 8.32. The van der Waals surface area contributed by atoms with Crippen molar-refractivity contribution in [2.75, 3.05) is 24.6 Å². The highest BCUT2D eigenvalue weighted by atomic mass is 16.5. The zero-order valence-electron chi connectivity index (χ0n) is 22.9. The molecule has 2 fully saturated rings. The molecule has 38 heavy (non-hydrogen) atoms.